The molecule has 3 N–H and O–H groups in total. The van der Waals surface area contributed by atoms with Gasteiger partial charge in [0.2, 0.25) is 11.8 Å². The molecule has 3 fully saturated rings. The van der Waals surface area contributed by atoms with Crippen LogP contribution >= 0.6 is 0 Å². The maximum atomic E-state index is 14.3. The standard InChI is InChI=1S/C26H35FN6O4/c1-25(2,36)15-32-8-5-17(14-32)29-23(34)16-4-9-33(26(12-16)6-7-26)24(35)21-11-20(30-31-21)18-10-22(37-3)28-13-19(18)27/h10-11,13,16-17,36H,4-9,12,14-15H2,1-3H3,(H,29,34)(H,30,31)/t16-,17-/m0/s1. The highest BCUT2D eigenvalue weighted by molar-refractivity contribution is 5.94. The van der Waals surface area contributed by atoms with Gasteiger partial charge in [0.05, 0.1) is 24.6 Å². The van der Waals surface area contributed by atoms with Crippen LogP contribution in [0.25, 0.3) is 11.3 Å². The van der Waals surface area contributed by atoms with Gasteiger partial charge in [0, 0.05) is 55.3 Å². The van der Waals surface area contributed by atoms with E-state index in [1.54, 1.807) is 19.9 Å². The maximum Gasteiger partial charge on any atom is 0.272 e. The summed E-state index contributed by atoms with van der Waals surface area (Å²) in [6.45, 7) is 6.25. The number of rotatable bonds is 7. The lowest BCUT2D eigenvalue weighted by Gasteiger charge is -2.39. The molecule has 1 aliphatic carbocycles. The molecular weight excluding hydrogens is 479 g/mol. The molecule has 0 unspecified atom stereocenters. The van der Waals surface area contributed by atoms with Gasteiger partial charge in [-0.25, -0.2) is 9.37 Å². The molecule has 0 bridgehead atoms. The Morgan fingerprint density at radius 1 is 1.30 bits per heavy atom. The third kappa shape index (κ3) is 5.47. The zero-order valence-electron chi connectivity index (χ0n) is 21.6. The van der Waals surface area contributed by atoms with Crippen LogP contribution in [-0.4, -0.2) is 92.4 Å². The van der Waals surface area contributed by atoms with Gasteiger partial charge in [-0.05, 0) is 52.0 Å². The zero-order valence-corrected chi connectivity index (χ0v) is 21.6. The summed E-state index contributed by atoms with van der Waals surface area (Å²) in [4.78, 5) is 34.4. The Kier molecular flexibility index (Phi) is 6.70. The van der Waals surface area contributed by atoms with Gasteiger partial charge in [-0.1, -0.05) is 0 Å². The van der Waals surface area contributed by atoms with Crippen LogP contribution < -0.4 is 10.1 Å². The second kappa shape index (κ2) is 9.68. The largest absolute Gasteiger partial charge is 0.481 e. The summed E-state index contributed by atoms with van der Waals surface area (Å²) in [5, 5.41) is 20.2. The van der Waals surface area contributed by atoms with Crippen molar-refractivity contribution in [3.8, 4) is 17.1 Å². The number of β-amino-alcohol motifs (C(OH)–C–C–N with tert-alkyl or cyclic N) is 1. The maximum absolute atomic E-state index is 14.3. The number of aliphatic hydroxyl groups is 1. The molecule has 1 saturated carbocycles. The summed E-state index contributed by atoms with van der Waals surface area (Å²) in [6.07, 6.45) is 4.90. The van der Waals surface area contributed by atoms with Gasteiger partial charge in [-0.2, -0.15) is 5.10 Å². The smallest absolute Gasteiger partial charge is 0.272 e. The van der Waals surface area contributed by atoms with E-state index in [4.69, 9.17) is 4.74 Å². The number of piperidine rings is 1. The number of aromatic nitrogens is 3. The summed E-state index contributed by atoms with van der Waals surface area (Å²) < 4.78 is 19.4. The van der Waals surface area contributed by atoms with Gasteiger partial charge in [0.1, 0.15) is 5.69 Å². The molecule has 0 radical (unpaired) electrons. The van der Waals surface area contributed by atoms with Gasteiger partial charge in [0.15, 0.2) is 5.82 Å². The molecule has 2 saturated heterocycles. The van der Waals surface area contributed by atoms with Gasteiger partial charge in [-0.3, -0.25) is 19.6 Å². The molecule has 2 aliphatic heterocycles. The number of H-pyrrole nitrogens is 1. The van der Waals surface area contributed by atoms with Crippen LogP contribution in [0.2, 0.25) is 0 Å². The molecule has 4 heterocycles. The number of carbonyl (C=O) groups is 2. The molecule has 2 amide bonds. The van der Waals surface area contributed by atoms with Crippen molar-refractivity contribution in [1.29, 1.82) is 0 Å². The molecule has 2 aromatic heterocycles. The number of likely N-dealkylation sites (tertiary alicyclic amines) is 2. The van der Waals surface area contributed by atoms with Crippen molar-refractivity contribution in [2.24, 2.45) is 5.92 Å². The number of hydrogen-bond acceptors (Lipinski definition) is 7. The topological polar surface area (TPSA) is 124 Å². The van der Waals surface area contributed by atoms with Crippen LogP contribution in [0.4, 0.5) is 4.39 Å². The molecule has 11 heteroatoms. The van der Waals surface area contributed by atoms with E-state index in [1.807, 2.05) is 4.90 Å². The fraction of sp³-hybridized carbons (Fsp3) is 0.615. The van der Waals surface area contributed by atoms with E-state index in [1.165, 1.54) is 13.2 Å². The Hall–Kier alpha value is -3.05. The van der Waals surface area contributed by atoms with Crippen molar-refractivity contribution in [3.63, 3.8) is 0 Å². The second-order valence-electron chi connectivity index (χ2n) is 11.3. The predicted molar refractivity (Wildman–Crippen MR) is 133 cm³/mol. The van der Waals surface area contributed by atoms with Gasteiger partial charge >= 0.3 is 0 Å². The zero-order chi connectivity index (χ0) is 26.4. The molecule has 10 nitrogen and oxygen atoms in total. The number of aromatic amines is 1. The Morgan fingerprint density at radius 3 is 2.78 bits per heavy atom. The molecule has 3 aliphatic rings. The van der Waals surface area contributed by atoms with Crippen molar-refractivity contribution in [2.45, 2.75) is 63.1 Å². The van der Waals surface area contributed by atoms with Crippen molar-refractivity contribution in [2.75, 3.05) is 33.3 Å². The Balaban J connectivity index is 1.20. The molecular formula is C26H35FN6O4. The van der Waals surface area contributed by atoms with Crippen molar-refractivity contribution in [3.05, 3.63) is 29.8 Å². The molecule has 37 heavy (non-hydrogen) atoms. The lowest BCUT2D eigenvalue weighted by Crippen LogP contribution is -2.52. The number of methoxy groups -OCH3 is 1. The summed E-state index contributed by atoms with van der Waals surface area (Å²) in [5.41, 5.74) is -0.276. The number of hydrogen-bond donors (Lipinski definition) is 3. The van der Waals surface area contributed by atoms with Crippen molar-refractivity contribution >= 4 is 11.8 Å². The van der Waals surface area contributed by atoms with E-state index in [0.717, 1.165) is 38.5 Å². The van der Waals surface area contributed by atoms with Gasteiger partial charge in [0.25, 0.3) is 5.91 Å². The molecule has 1 spiro atoms. The Bertz CT molecular complexity index is 1170. The van der Waals surface area contributed by atoms with Crippen LogP contribution in [0.15, 0.2) is 18.3 Å². The molecule has 2 atom stereocenters. The second-order valence-corrected chi connectivity index (χ2v) is 11.3. The van der Waals surface area contributed by atoms with E-state index in [-0.39, 0.29) is 46.5 Å². The first-order chi connectivity index (χ1) is 17.6. The number of nitrogens with one attached hydrogen (secondary N) is 2. The van der Waals surface area contributed by atoms with Crippen LogP contribution in [0.5, 0.6) is 5.88 Å². The van der Waals surface area contributed by atoms with E-state index >= 15 is 0 Å². The third-order valence-corrected chi connectivity index (χ3v) is 7.70. The minimum Gasteiger partial charge on any atom is -0.481 e. The Labute approximate surface area is 215 Å². The fourth-order valence-corrected chi connectivity index (χ4v) is 5.75. The highest BCUT2D eigenvalue weighted by atomic mass is 19.1. The number of amides is 2. The molecule has 5 rings (SSSR count). The quantitative estimate of drug-likeness (QED) is 0.516. The molecule has 200 valence electrons. The highest BCUT2D eigenvalue weighted by Crippen LogP contribution is 2.50. The normalized spacial score (nSPS) is 23.3. The van der Waals surface area contributed by atoms with Crippen LogP contribution in [-0.2, 0) is 4.79 Å². The average Bonchev–Trinajstić information content (AvgIpc) is 3.23. The average molecular weight is 515 g/mol. The van der Waals surface area contributed by atoms with E-state index < -0.39 is 11.4 Å². The number of carbonyl (C=O) groups excluding carboxylic acids is 2. The van der Waals surface area contributed by atoms with Crippen LogP contribution in [0.1, 0.15) is 56.4 Å². The summed E-state index contributed by atoms with van der Waals surface area (Å²) in [7, 11) is 1.45. The highest BCUT2D eigenvalue weighted by Gasteiger charge is 2.54. The minimum absolute atomic E-state index is 0.0550. The van der Waals surface area contributed by atoms with E-state index in [9.17, 15) is 19.1 Å². The SMILES string of the molecule is COc1cc(-c2cc(C(=O)N3CC[C@H](C(=O)N[C@H]4CCN(CC(C)(C)O)C4)CC34CC4)[nH]n2)c(F)cn1. The minimum atomic E-state index is -0.759. The fourth-order valence-electron chi connectivity index (χ4n) is 5.75. The summed E-state index contributed by atoms with van der Waals surface area (Å²) in [6, 6.07) is 3.08. The first-order valence-electron chi connectivity index (χ1n) is 12.9. The lowest BCUT2D eigenvalue weighted by molar-refractivity contribution is -0.127. The summed E-state index contributed by atoms with van der Waals surface area (Å²) in [5.74, 6) is -0.561. The number of ether oxygens (including phenoxy) is 1. The van der Waals surface area contributed by atoms with Gasteiger partial charge < -0.3 is 20.1 Å². The van der Waals surface area contributed by atoms with Gasteiger partial charge in [-0.15, -0.1) is 0 Å². The number of nitrogens with zero attached hydrogens (tertiary/aromatic N) is 4. The van der Waals surface area contributed by atoms with Crippen LogP contribution in [0, 0.1) is 11.7 Å². The lowest BCUT2D eigenvalue weighted by atomic mass is 9.87. The first-order valence-corrected chi connectivity index (χ1v) is 12.9. The molecule has 2 aromatic rings. The monoisotopic (exact) mass is 514 g/mol. The van der Waals surface area contributed by atoms with Crippen molar-refractivity contribution in [1.82, 2.24) is 30.3 Å². The number of pyridine rings is 1. The summed E-state index contributed by atoms with van der Waals surface area (Å²) >= 11 is 0. The number of halogens is 1. The molecule has 0 aromatic carbocycles. The van der Waals surface area contributed by atoms with Crippen molar-refractivity contribution < 1.29 is 23.8 Å². The third-order valence-electron chi connectivity index (χ3n) is 7.70. The van der Waals surface area contributed by atoms with E-state index in [0.29, 0.717) is 31.6 Å². The predicted octanol–water partition coefficient (Wildman–Crippen LogP) is 1.97. The van der Waals surface area contributed by atoms with E-state index in [2.05, 4.69) is 25.4 Å². The Morgan fingerprint density at radius 2 is 2.08 bits per heavy atom. The van der Waals surface area contributed by atoms with Crippen LogP contribution in [0.3, 0.4) is 0 Å². The first kappa shape index (κ1) is 25.6.